The smallest absolute Gasteiger partial charge is 0.174 e. The normalized spacial score (nSPS) is 19.5. The van der Waals surface area contributed by atoms with Crippen LogP contribution >= 0.6 is 0 Å². The first kappa shape index (κ1) is 25.9. The molecule has 40 heavy (non-hydrogen) atoms. The van der Waals surface area contributed by atoms with Gasteiger partial charge in [-0.05, 0) is 29.5 Å². The van der Waals surface area contributed by atoms with E-state index >= 15 is 0 Å². The molecule has 0 radical (unpaired) electrons. The number of ketones is 2. The first-order valence-electron chi connectivity index (χ1n) is 13.9. The summed E-state index contributed by atoms with van der Waals surface area (Å²) in [7, 11) is 1.56. The van der Waals surface area contributed by atoms with Crippen molar-refractivity contribution in [1.82, 2.24) is 0 Å². The molecule has 2 aliphatic heterocycles. The zero-order valence-corrected chi connectivity index (χ0v) is 22.5. The third kappa shape index (κ3) is 5.24. The average Bonchev–Trinajstić information content (AvgIpc) is 3.00. The summed E-state index contributed by atoms with van der Waals surface area (Å²) in [5, 5.41) is 0. The van der Waals surface area contributed by atoms with Gasteiger partial charge in [-0.2, -0.15) is 0 Å². The van der Waals surface area contributed by atoms with E-state index < -0.39 is 6.10 Å². The summed E-state index contributed by atoms with van der Waals surface area (Å²) >= 11 is 0. The minimum atomic E-state index is -0.418. The van der Waals surface area contributed by atoms with E-state index in [2.05, 4.69) is 0 Å². The Morgan fingerprint density at radius 2 is 1.48 bits per heavy atom. The topological polar surface area (TPSA) is 61.8 Å². The highest BCUT2D eigenvalue weighted by Crippen LogP contribution is 2.54. The molecular formula is C35H32O5. The standard InChI is InChI=1S/C35H32O5/c1-38-31-22-32-33(35-34(31)28(37)21-30(40-35)25-15-9-4-10-16-25)26(20-29(39-32)24-13-7-3-8-14-24)19-27(36)18-17-23-11-5-2-6-12-23/h2-16,22,26,29-30H,17-21H2,1H3/t26-,29-,30+/m1/s1. The molecule has 0 unspecified atom stereocenters. The fourth-order valence-electron chi connectivity index (χ4n) is 5.91. The Hall–Kier alpha value is -4.38. The van der Waals surface area contributed by atoms with Crippen LogP contribution in [0.3, 0.4) is 0 Å². The van der Waals surface area contributed by atoms with Crippen LogP contribution in [0.5, 0.6) is 17.2 Å². The molecule has 0 aromatic heterocycles. The van der Waals surface area contributed by atoms with Gasteiger partial charge < -0.3 is 14.2 Å². The summed E-state index contributed by atoms with van der Waals surface area (Å²) in [5.41, 5.74) is 4.37. The van der Waals surface area contributed by atoms with Crippen LogP contribution in [0.4, 0.5) is 0 Å². The van der Waals surface area contributed by atoms with E-state index in [0.29, 0.717) is 48.5 Å². The van der Waals surface area contributed by atoms with Gasteiger partial charge in [-0.1, -0.05) is 91.0 Å². The van der Waals surface area contributed by atoms with Gasteiger partial charge in [0.2, 0.25) is 0 Å². The van der Waals surface area contributed by atoms with Gasteiger partial charge in [0.05, 0.1) is 13.5 Å². The zero-order chi connectivity index (χ0) is 27.5. The highest BCUT2D eigenvalue weighted by molar-refractivity contribution is 6.03. The summed E-state index contributed by atoms with van der Waals surface area (Å²) in [6.07, 6.45) is 1.69. The van der Waals surface area contributed by atoms with E-state index in [1.54, 1.807) is 13.2 Å². The van der Waals surface area contributed by atoms with Crippen molar-refractivity contribution in [3.63, 3.8) is 0 Å². The fraction of sp³-hybridized carbons (Fsp3) is 0.257. The van der Waals surface area contributed by atoms with Gasteiger partial charge in [-0.25, -0.2) is 0 Å². The quantitative estimate of drug-likeness (QED) is 0.234. The van der Waals surface area contributed by atoms with E-state index in [1.807, 2.05) is 91.0 Å². The number of Topliss-reactive ketones (excluding diaryl/α,β-unsaturated/α-hetero) is 2. The van der Waals surface area contributed by atoms with E-state index in [-0.39, 0.29) is 30.0 Å². The average molecular weight is 533 g/mol. The maximum Gasteiger partial charge on any atom is 0.174 e. The molecule has 0 amide bonds. The molecule has 0 N–H and O–H groups in total. The molecule has 5 heteroatoms. The number of carbonyl (C=O) groups is 2. The molecule has 2 heterocycles. The molecule has 0 saturated carbocycles. The predicted octanol–water partition coefficient (Wildman–Crippen LogP) is 7.60. The fourth-order valence-corrected chi connectivity index (χ4v) is 5.91. The van der Waals surface area contributed by atoms with Gasteiger partial charge in [0.25, 0.3) is 0 Å². The molecule has 0 fully saturated rings. The third-order valence-corrected chi connectivity index (χ3v) is 7.90. The number of ether oxygens (including phenoxy) is 3. The predicted molar refractivity (Wildman–Crippen MR) is 153 cm³/mol. The number of hydrogen-bond donors (Lipinski definition) is 0. The summed E-state index contributed by atoms with van der Waals surface area (Å²) in [5.74, 6) is 1.52. The Balaban J connectivity index is 1.39. The first-order chi connectivity index (χ1) is 19.6. The van der Waals surface area contributed by atoms with Gasteiger partial charge >= 0.3 is 0 Å². The minimum absolute atomic E-state index is 0.0332. The molecule has 4 aromatic carbocycles. The Kier molecular flexibility index (Phi) is 7.37. The lowest BCUT2D eigenvalue weighted by Crippen LogP contribution is -2.27. The van der Waals surface area contributed by atoms with E-state index in [4.69, 9.17) is 14.2 Å². The van der Waals surface area contributed by atoms with Crippen molar-refractivity contribution in [3.8, 4) is 17.2 Å². The van der Waals surface area contributed by atoms with Crippen molar-refractivity contribution < 1.29 is 23.8 Å². The molecule has 3 atom stereocenters. The van der Waals surface area contributed by atoms with Gasteiger partial charge in [-0.15, -0.1) is 0 Å². The summed E-state index contributed by atoms with van der Waals surface area (Å²) in [6.45, 7) is 0. The van der Waals surface area contributed by atoms with Crippen LogP contribution in [0, 0.1) is 0 Å². The Morgan fingerprint density at radius 3 is 2.12 bits per heavy atom. The number of rotatable bonds is 8. The van der Waals surface area contributed by atoms with Crippen LogP contribution in [-0.4, -0.2) is 18.7 Å². The van der Waals surface area contributed by atoms with Crippen LogP contribution in [0.25, 0.3) is 0 Å². The van der Waals surface area contributed by atoms with Crippen LogP contribution in [0.1, 0.15) is 76.4 Å². The van der Waals surface area contributed by atoms with Crippen LogP contribution in [0.2, 0.25) is 0 Å². The third-order valence-electron chi connectivity index (χ3n) is 7.90. The van der Waals surface area contributed by atoms with Crippen molar-refractivity contribution in [1.29, 1.82) is 0 Å². The number of hydrogen-bond acceptors (Lipinski definition) is 5. The van der Waals surface area contributed by atoms with Gasteiger partial charge in [0.15, 0.2) is 5.78 Å². The highest BCUT2D eigenvalue weighted by atomic mass is 16.5. The first-order valence-corrected chi connectivity index (χ1v) is 13.9. The lowest BCUT2D eigenvalue weighted by molar-refractivity contribution is -0.119. The molecule has 5 nitrogen and oxygen atoms in total. The lowest BCUT2D eigenvalue weighted by Gasteiger charge is -2.37. The minimum Gasteiger partial charge on any atom is -0.496 e. The number of methoxy groups -OCH3 is 1. The van der Waals surface area contributed by atoms with Crippen LogP contribution in [-0.2, 0) is 11.2 Å². The number of aryl methyl sites for hydroxylation is 1. The van der Waals surface area contributed by atoms with Gasteiger partial charge in [0, 0.05) is 30.4 Å². The van der Waals surface area contributed by atoms with E-state index in [9.17, 15) is 9.59 Å². The Bertz CT molecular complexity index is 1500. The van der Waals surface area contributed by atoms with E-state index in [0.717, 1.165) is 22.3 Å². The number of fused-ring (bicyclic) bond motifs is 3. The van der Waals surface area contributed by atoms with Crippen LogP contribution < -0.4 is 14.2 Å². The van der Waals surface area contributed by atoms with Gasteiger partial charge in [-0.3, -0.25) is 9.59 Å². The summed E-state index contributed by atoms with van der Waals surface area (Å²) < 4.78 is 18.9. The molecule has 202 valence electrons. The van der Waals surface area contributed by atoms with Crippen molar-refractivity contribution in [2.75, 3.05) is 7.11 Å². The SMILES string of the molecule is COc1cc2c(c3c1C(=O)C[C@@H](c1ccccc1)O3)[C@H](CC(=O)CCc1ccccc1)C[C@H](c1ccccc1)O2. The second kappa shape index (κ2) is 11.4. The monoisotopic (exact) mass is 532 g/mol. The summed E-state index contributed by atoms with van der Waals surface area (Å²) in [4.78, 5) is 26.9. The van der Waals surface area contributed by atoms with Crippen molar-refractivity contribution in [2.45, 2.75) is 50.2 Å². The Labute approximate surface area is 234 Å². The number of carbonyl (C=O) groups excluding carboxylic acids is 2. The molecule has 4 aromatic rings. The molecule has 0 bridgehead atoms. The van der Waals surface area contributed by atoms with Crippen molar-refractivity contribution >= 4 is 11.6 Å². The maximum absolute atomic E-state index is 13.5. The highest BCUT2D eigenvalue weighted by Gasteiger charge is 2.40. The van der Waals surface area contributed by atoms with Crippen molar-refractivity contribution in [2.24, 2.45) is 0 Å². The molecule has 6 rings (SSSR count). The zero-order valence-electron chi connectivity index (χ0n) is 22.5. The lowest BCUT2D eigenvalue weighted by atomic mass is 9.80. The van der Waals surface area contributed by atoms with Crippen molar-refractivity contribution in [3.05, 3.63) is 125 Å². The number of benzene rings is 4. The second-order valence-electron chi connectivity index (χ2n) is 10.5. The van der Waals surface area contributed by atoms with E-state index in [1.165, 1.54) is 0 Å². The van der Waals surface area contributed by atoms with Crippen LogP contribution in [0.15, 0.2) is 97.1 Å². The molecular weight excluding hydrogens is 500 g/mol. The van der Waals surface area contributed by atoms with Gasteiger partial charge in [0.1, 0.15) is 40.8 Å². The Morgan fingerprint density at radius 1 is 0.850 bits per heavy atom. The summed E-state index contributed by atoms with van der Waals surface area (Å²) in [6, 6.07) is 31.7. The maximum atomic E-state index is 13.5. The molecule has 2 aliphatic rings. The molecule has 0 spiro atoms. The molecule has 0 aliphatic carbocycles. The largest absolute Gasteiger partial charge is 0.496 e. The molecule has 0 saturated heterocycles. The second-order valence-corrected chi connectivity index (χ2v) is 10.5.